The van der Waals surface area contributed by atoms with Crippen molar-refractivity contribution in [2.45, 2.75) is 64.6 Å². The minimum atomic E-state index is -2.42. The van der Waals surface area contributed by atoms with Crippen molar-refractivity contribution in [3.8, 4) is 0 Å². The Balaban J connectivity index is 2.36. The second kappa shape index (κ2) is 9.14. The maximum Gasteiger partial charge on any atom is 0.371 e. The molecule has 1 saturated heterocycles. The van der Waals surface area contributed by atoms with Crippen molar-refractivity contribution >= 4 is 8.56 Å². The molecule has 0 N–H and O–H groups in total. The van der Waals surface area contributed by atoms with E-state index in [9.17, 15) is 0 Å². The Labute approximate surface area is 149 Å². The average molecular weight is 351 g/mol. The molecular formula is C20H34O3Si. The van der Waals surface area contributed by atoms with Gasteiger partial charge in [-0.15, -0.1) is 0 Å². The van der Waals surface area contributed by atoms with Crippen molar-refractivity contribution in [3.05, 3.63) is 35.9 Å². The van der Waals surface area contributed by atoms with Gasteiger partial charge in [-0.05, 0) is 51.1 Å². The summed E-state index contributed by atoms with van der Waals surface area (Å²) in [5, 5.41) is -0.248. The minimum Gasteiger partial charge on any atom is -0.393 e. The SMILES string of the molecule is CCOC1(C(C)Cc2ccccc2)CCCC[Si]1(OCC)OCC. The van der Waals surface area contributed by atoms with Crippen LogP contribution >= 0.6 is 0 Å². The quantitative estimate of drug-likeness (QED) is 0.594. The van der Waals surface area contributed by atoms with Crippen LogP contribution < -0.4 is 0 Å². The third-order valence-corrected chi connectivity index (χ3v) is 9.98. The van der Waals surface area contributed by atoms with Crippen molar-refractivity contribution in [2.24, 2.45) is 5.92 Å². The highest BCUT2D eigenvalue weighted by Crippen LogP contribution is 2.46. The summed E-state index contributed by atoms with van der Waals surface area (Å²) in [6.07, 6.45) is 4.46. The van der Waals surface area contributed by atoms with Crippen molar-refractivity contribution < 1.29 is 13.6 Å². The first kappa shape index (κ1) is 19.6. The van der Waals surface area contributed by atoms with Crippen molar-refractivity contribution in [1.82, 2.24) is 0 Å². The molecule has 1 aromatic rings. The van der Waals surface area contributed by atoms with E-state index in [-0.39, 0.29) is 5.22 Å². The zero-order valence-electron chi connectivity index (χ0n) is 15.8. The fraction of sp³-hybridized carbons (Fsp3) is 0.700. The van der Waals surface area contributed by atoms with Gasteiger partial charge >= 0.3 is 8.56 Å². The molecule has 1 fully saturated rings. The molecule has 4 heteroatoms. The lowest BCUT2D eigenvalue weighted by Crippen LogP contribution is -2.69. The van der Waals surface area contributed by atoms with Gasteiger partial charge in [0.25, 0.3) is 0 Å². The Kier molecular flexibility index (Phi) is 7.48. The standard InChI is InChI=1S/C20H34O3Si/c1-5-21-20(18(4)17-19-13-9-8-10-14-19)15-11-12-16-24(20,22-6-2)23-7-3/h8-10,13-14,18H,5-7,11-12,15-17H2,1-4H3. The molecule has 0 radical (unpaired) electrons. The van der Waals surface area contributed by atoms with E-state index in [1.807, 2.05) is 0 Å². The Morgan fingerprint density at radius 3 is 2.25 bits per heavy atom. The number of benzene rings is 1. The lowest BCUT2D eigenvalue weighted by Gasteiger charge is -2.52. The largest absolute Gasteiger partial charge is 0.393 e. The van der Waals surface area contributed by atoms with E-state index in [1.165, 1.54) is 18.4 Å². The van der Waals surface area contributed by atoms with Crippen LogP contribution in [0, 0.1) is 5.92 Å². The first-order valence-corrected chi connectivity index (χ1v) is 11.6. The summed E-state index contributed by atoms with van der Waals surface area (Å²) in [6.45, 7) is 10.7. The van der Waals surface area contributed by atoms with E-state index in [0.29, 0.717) is 25.7 Å². The monoisotopic (exact) mass is 350 g/mol. The number of hydrogen-bond donors (Lipinski definition) is 0. The van der Waals surface area contributed by atoms with Crippen LogP contribution in [-0.2, 0) is 20.0 Å². The maximum atomic E-state index is 6.54. The van der Waals surface area contributed by atoms with Crippen LogP contribution in [-0.4, -0.2) is 33.6 Å². The van der Waals surface area contributed by atoms with Crippen LogP contribution in [0.2, 0.25) is 6.04 Å². The van der Waals surface area contributed by atoms with Gasteiger partial charge in [0.15, 0.2) is 0 Å². The fourth-order valence-corrected chi connectivity index (χ4v) is 9.09. The summed E-state index contributed by atoms with van der Waals surface area (Å²) in [4.78, 5) is 0. The molecular weight excluding hydrogens is 316 g/mol. The molecule has 0 bridgehead atoms. The van der Waals surface area contributed by atoms with E-state index < -0.39 is 8.56 Å². The topological polar surface area (TPSA) is 27.7 Å². The molecule has 0 aromatic heterocycles. The van der Waals surface area contributed by atoms with Crippen LogP contribution in [0.5, 0.6) is 0 Å². The molecule has 0 saturated carbocycles. The molecule has 136 valence electrons. The Bertz CT molecular complexity index is 464. The van der Waals surface area contributed by atoms with Gasteiger partial charge in [-0.2, -0.15) is 0 Å². The average Bonchev–Trinajstić information content (AvgIpc) is 2.58. The molecule has 24 heavy (non-hydrogen) atoms. The van der Waals surface area contributed by atoms with Crippen LogP contribution in [0.3, 0.4) is 0 Å². The van der Waals surface area contributed by atoms with E-state index in [1.54, 1.807) is 0 Å². The molecule has 2 atom stereocenters. The molecule has 0 amide bonds. The summed E-state index contributed by atoms with van der Waals surface area (Å²) >= 11 is 0. The van der Waals surface area contributed by atoms with Gasteiger partial charge in [0.1, 0.15) is 5.22 Å². The van der Waals surface area contributed by atoms with E-state index in [4.69, 9.17) is 13.6 Å². The van der Waals surface area contributed by atoms with Crippen LogP contribution in [0.25, 0.3) is 0 Å². The molecule has 1 aliphatic heterocycles. The van der Waals surface area contributed by atoms with Crippen molar-refractivity contribution in [3.63, 3.8) is 0 Å². The van der Waals surface area contributed by atoms with Gasteiger partial charge in [-0.25, -0.2) is 0 Å². The molecule has 0 spiro atoms. The van der Waals surface area contributed by atoms with Crippen molar-refractivity contribution in [1.29, 1.82) is 0 Å². The Morgan fingerprint density at radius 1 is 1.00 bits per heavy atom. The van der Waals surface area contributed by atoms with Gasteiger partial charge in [0.05, 0.1) is 0 Å². The van der Waals surface area contributed by atoms with Crippen molar-refractivity contribution in [2.75, 3.05) is 19.8 Å². The van der Waals surface area contributed by atoms with Gasteiger partial charge in [-0.1, -0.05) is 50.1 Å². The summed E-state index contributed by atoms with van der Waals surface area (Å²) in [5.74, 6) is 0.380. The predicted octanol–water partition coefficient (Wildman–Crippen LogP) is 4.88. The third kappa shape index (κ3) is 3.93. The van der Waals surface area contributed by atoms with E-state index >= 15 is 0 Å². The summed E-state index contributed by atoms with van der Waals surface area (Å²) in [6, 6.07) is 11.8. The lowest BCUT2D eigenvalue weighted by atomic mass is 9.91. The van der Waals surface area contributed by atoms with Crippen LogP contribution in [0.1, 0.15) is 52.5 Å². The van der Waals surface area contributed by atoms with Gasteiger partial charge in [0.2, 0.25) is 0 Å². The number of hydrogen-bond acceptors (Lipinski definition) is 3. The molecule has 2 rings (SSSR count). The summed E-state index contributed by atoms with van der Waals surface area (Å²) < 4.78 is 19.4. The molecule has 1 aliphatic rings. The third-order valence-electron chi connectivity index (χ3n) is 5.29. The highest BCUT2D eigenvalue weighted by atomic mass is 28.4. The van der Waals surface area contributed by atoms with Gasteiger partial charge in [0, 0.05) is 19.8 Å². The van der Waals surface area contributed by atoms with Crippen LogP contribution in [0.4, 0.5) is 0 Å². The zero-order chi connectivity index (χ0) is 17.5. The smallest absolute Gasteiger partial charge is 0.371 e. The molecule has 2 unspecified atom stereocenters. The highest BCUT2D eigenvalue weighted by Gasteiger charge is 2.62. The lowest BCUT2D eigenvalue weighted by molar-refractivity contribution is -0.0723. The first-order valence-electron chi connectivity index (χ1n) is 9.60. The predicted molar refractivity (Wildman–Crippen MR) is 101 cm³/mol. The zero-order valence-corrected chi connectivity index (χ0v) is 16.8. The fourth-order valence-electron chi connectivity index (χ4n) is 4.38. The number of ether oxygens (including phenoxy) is 1. The highest BCUT2D eigenvalue weighted by molar-refractivity contribution is 6.70. The van der Waals surface area contributed by atoms with Gasteiger partial charge < -0.3 is 13.6 Å². The minimum absolute atomic E-state index is 0.248. The molecule has 3 nitrogen and oxygen atoms in total. The Hall–Kier alpha value is -0.683. The molecule has 1 heterocycles. The second-order valence-electron chi connectivity index (χ2n) is 6.74. The van der Waals surface area contributed by atoms with Crippen LogP contribution in [0.15, 0.2) is 30.3 Å². The van der Waals surface area contributed by atoms with E-state index in [0.717, 1.165) is 18.9 Å². The number of rotatable bonds is 9. The summed E-state index contributed by atoms with van der Waals surface area (Å²) in [7, 11) is -2.42. The van der Waals surface area contributed by atoms with E-state index in [2.05, 4.69) is 58.0 Å². The normalized spacial score (nSPS) is 24.7. The molecule has 1 aromatic carbocycles. The van der Waals surface area contributed by atoms with Gasteiger partial charge in [-0.3, -0.25) is 0 Å². The second-order valence-corrected chi connectivity index (χ2v) is 10.2. The first-order chi connectivity index (χ1) is 11.6. The molecule has 0 aliphatic carbocycles. The Morgan fingerprint density at radius 2 is 1.67 bits per heavy atom. The maximum absolute atomic E-state index is 6.54. The summed E-state index contributed by atoms with van der Waals surface area (Å²) in [5.41, 5.74) is 1.37.